The lowest BCUT2D eigenvalue weighted by Gasteiger charge is -2.31. The van der Waals surface area contributed by atoms with Crippen molar-refractivity contribution < 1.29 is 9.90 Å². The third kappa shape index (κ3) is 7.52. The number of carbonyl (C=O) groups excluding carboxylic acids is 1. The summed E-state index contributed by atoms with van der Waals surface area (Å²) in [6, 6.07) is 16.2. The highest BCUT2D eigenvalue weighted by Crippen LogP contribution is 2.31. The molecule has 1 amide bonds. The van der Waals surface area contributed by atoms with Gasteiger partial charge in [0.15, 0.2) is 0 Å². The highest BCUT2D eigenvalue weighted by atomic mass is 16.3. The van der Waals surface area contributed by atoms with Gasteiger partial charge in [0.2, 0.25) is 17.8 Å². The maximum atomic E-state index is 12.4. The van der Waals surface area contributed by atoms with Gasteiger partial charge in [0.25, 0.3) is 0 Å². The summed E-state index contributed by atoms with van der Waals surface area (Å²) < 4.78 is 0. The molecule has 3 aliphatic rings. The van der Waals surface area contributed by atoms with Crippen molar-refractivity contribution in [2.24, 2.45) is 15.9 Å². The van der Waals surface area contributed by atoms with Gasteiger partial charge < -0.3 is 26.0 Å². The number of aromatic nitrogens is 1. The molecule has 1 aliphatic carbocycles. The largest absolute Gasteiger partial charge is 0.393 e. The molecule has 6 rings (SSSR count). The van der Waals surface area contributed by atoms with E-state index in [4.69, 9.17) is 15.0 Å². The van der Waals surface area contributed by atoms with E-state index in [1.165, 1.54) is 0 Å². The number of amides is 1. The molecule has 10 nitrogen and oxygen atoms in total. The van der Waals surface area contributed by atoms with Gasteiger partial charge in [-0.3, -0.25) is 14.7 Å². The molecule has 1 saturated carbocycles. The van der Waals surface area contributed by atoms with Crippen LogP contribution in [0.25, 0.3) is 22.0 Å². The molecule has 2 atom stereocenters. The Morgan fingerprint density at radius 1 is 1.15 bits per heavy atom. The van der Waals surface area contributed by atoms with Gasteiger partial charge in [-0.25, -0.2) is 0 Å². The third-order valence-electron chi connectivity index (χ3n) is 8.42. The molecule has 1 aromatic heterocycles. The van der Waals surface area contributed by atoms with Gasteiger partial charge in [-0.2, -0.15) is 9.98 Å². The first-order chi connectivity index (χ1) is 22.7. The van der Waals surface area contributed by atoms with Crippen LogP contribution in [0.2, 0.25) is 0 Å². The normalized spacial score (nSPS) is 19.1. The number of allylic oxidation sites excluding steroid dienone is 2. The number of benzene rings is 2. The predicted octanol–water partition coefficient (Wildman–Crippen LogP) is 5.13. The first kappa shape index (κ1) is 31.9. The van der Waals surface area contributed by atoms with Crippen molar-refractivity contribution in [2.45, 2.75) is 51.8 Å². The molecule has 0 radical (unpaired) electrons. The van der Waals surface area contributed by atoms with E-state index in [0.29, 0.717) is 31.4 Å². The number of aliphatic hydroxyl groups is 1. The van der Waals surface area contributed by atoms with Crippen LogP contribution >= 0.6 is 0 Å². The summed E-state index contributed by atoms with van der Waals surface area (Å²) >= 11 is 0. The molecule has 1 fully saturated rings. The monoisotopic (exact) mass is 630 g/mol. The smallest absolute Gasteiger partial charge is 0.248 e. The summed E-state index contributed by atoms with van der Waals surface area (Å²) in [5, 5.41) is 22.1. The Bertz CT molecular complexity index is 1850. The average Bonchev–Trinajstić information content (AvgIpc) is 3.46. The van der Waals surface area contributed by atoms with Crippen molar-refractivity contribution in [3.63, 3.8) is 0 Å². The first-order valence-corrected chi connectivity index (χ1v) is 16.2. The number of hydrogen-bond acceptors (Lipinski definition) is 9. The van der Waals surface area contributed by atoms with Crippen LogP contribution in [0, 0.1) is 5.92 Å². The van der Waals surface area contributed by atoms with Crippen LogP contribution in [0.3, 0.4) is 0 Å². The maximum absolute atomic E-state index is 12.4. The van der Waals surface area contributed by atoms with Crippen molar-refractivity contribution in [1.82, 2.24) is 25.4 Å². The van der Waals surface area contributed by atoms with E-state index in [9.17, 15) is 9.90 Å². The fourth-order valence-electron chi connectivity index (χ4n) is 6.02. The van der Waals surface area contributed by atoms with Crippen molar-refractivity contribution in [3.8, 4) is 11.3 Å². The minimum atomic E-state index is -0.291. The Kier molecular flexibility index (Phi) is 9.63. The van der Waals surface area contributed by atoms with Crippen LogP contribution < -0.4 is 16.0 Å². The number of hydrogen-bond donors (Lipinski definition) is 4. The van der Waals surface area contributed by atoms with E-state index in [0.717, 1.165) is 57.5 Å². The lowest BCUT2D eigenvalue weighted by Crippen LogP contribution is -2.44. The lowest BCUT2D eigenvalue weighted by atomic mass is 9.99. The van der Waals surface area contributed by atoms with Gasteiger partial charge in [-0.1, -0.05) is 50.3 Å². The van der Waals surface area contributed by atoms with Crippen LogP contribution in [0.4, 0.5) is 5.69 Å². The number of aliphatic imine (C=N–C) groups is 2. The van der Waals surface area contributed by atoms with E-state index < -0.39 is 0 Å². The van der Waals surface area contributed by atoms with Crippen molar-refractivity contribution in [3.05, 3.63) is 102 Å². The lowest BCUT2D eigenvalue weighted by molar-refractivity contribution is -0.111. The molecule has 3 heterocycles. The standard InChI is InChI=1S/C37H42N8O2/c1-24(2)30-11-7-20-45-35(30)42-36(41-28-13-15-29(46)22-28)43-37(45)39-23-26-9-5-6-10-31(26)34-32-16-14-27(21-25(32)17-18-38-34)40-33(47)12-8-19-44(3)4/h5-6,8-12,14,16-18,20-21,24,28-29,46H,13,15,19,22-23H2,1-4H3,(H,40,47)(H2,39,41,42,43)/b12-8+/t28?,29-/m0/s1. The second kappa shape index (κ2) is 14.2. The first-order valence-electron chi connectivity index (χ1n) is 16.2. The van der Waals surface area contributed by atoms with Gasteiger partial charge in [0.05, 0.1) is 18.0 Å². The Balaban J connectivity index is 1.25. The number of nitrogens with zero attached hydrogens (tertiary/aromatic N) is 5. The molecule has 4 N–H and O–H groups in total. The summed E-state index contributed by atoms with van der Waals surface area (Å²) in [6.07, 6.45) is 11.1. The zero-order valence-corrected chi connectivity index (χ0v) is 27.4. The minimum Gasteiger partial charge on any atom is -0.393 e. The number of anilines is 1. The van der Waals surface area contributed by atoms with E-state index in [1.807, 2.05) is 78.6 Å². The Morgan fingerprint density at radius 3 is 2.79 bits per heavy atom. The van der Waals surface area contributed by atoms with Gasteiger partial charge in [-0.15, -0.1) is 5.73 Å². The summed E-state index contributed by atoms with van der Waals surface area (Å²) in [6.45, 7) is 5.48. The molecule has 0 spiro atoms. The van der Waals surface area contributed by atoms with Crippen molar-refractivity contribution >= 4 is 34.3 Å². The molecule has 3 aromatic rings. The van der Waals surface area contributed by atoms with Gasteiger partial charge in [0.1, 0.15) is 5.82 Å². The molecule has 10 heteroatoms. The van der Waals surface area contributed by atoms with Gasteiger partial charge >= 0.3 is 0 Å². The molecule has 2 aliphatic heterocycles. The minimum absolute atomic E-state index is 0.129. The van der Waals surface area contributed by atoms with Crippen LogP contribution in [0.5, 0.6) is 0 Å². The van der Waals surface area contributed by atoms with E-state index in [2.05, 4.69) is 47.7 Å². The van der Waals surface area contributed by atoms with Crippen molar-refractivity contribution in [1.29, 1.82) is 0 Å². The summed E-state index contributed by atoms with van der Waals surface area (Å²) in [5.41, 5.74) is 7.99. The molecule has 47 heavy (non-hydrogen) atoms. The zero-order valence-electron chi connectivity index (χ0n) is 27.4. The Morgan fingerprint density at radius 2 is 2.00 bits per heavy atom. The summed E-state index contributed by atoms with van der Waals surface area (Å²) in [7, 11) is 3.92. The zero-order chi connectivity index (χ0) is 32.9. The number of rotatable bonds is 9. The number of aliphatic hydroxyl groups excluding tert-OH is 1. The van der Waals surface area contributed by atoms with Crippen LogP contribution in [0.1, 0.15) is 38.7 Å². The SMILES string of the molecule is CC(C)C1=C2N=C(NC3CC[C@H](O)C3)N=C(NCc3ccccc3-c3nccc4cc(NC(=O)/C=C/CN(C)C)ccc34)N2C=C=C1. The van der Waals surface area contributed by atoms with Gasteiger partial charge in [-0.05, 0) is 74.5 Å². The topological polar surface area (TPSA) is 117 Å². The molecular weight excluding hydrogens is 588 g/mol. The van der Waals surface area contributed by atoms with E-state index in [-0.39, 0.29) is 24.0 Å². The highest BCUT2D eigenvalue weighted by Gasteiger charge is 2.29. The number of carbonyl (C=O) groups is 1. The van der Waals surface area contributed by atoms with Crippen LogP contribution in [-0.4, -0.2) is 70.5 Å². The van der Waals surface area contributed by atoms with Crippen molar-refractivity contribution in [2.75, 3.05) is 26.0 Å². The molecule has 2 aromatic carbocycles. The molecular formula is C37H42N8O2. The van der Waals surface area contributed by atoms with E-state index in [1.54, 1.807) is 12.3 Å². The number of pyridine rings is 1. The predicted molar refractivity (Wildman–Crippen MR) is 188 cm³/mol. The molecule has 0 saturated heterocycles. The number of likely N-dealkylation sites (N-methyl/N-ethyl adjacent to an activating group) is 1. The Labute approximate surface area is 276 Å². The molecule has 1 unspecified atom stereocenters. The van der Waals surface area contributed by atoms with Crippen LogP contribution in [-0.2, 0) is 11.3 Å². The third-order valence-corrected chi connectivity index (χ3v) is 8.42. The maximum Gasteiger partial charge on any atom is 0.248 e. The summed E-state index contributed by atoms with van der Waals surface area (Å²) in [4.78, 5) is 31.0. The van der Waals surface area contributed by atoms with Gasteiger partial charge in [0, 0.05) is 53.6 Å². The summed E-state index contributed by atoms with van der Waals surface area (Å²) in [5.74, 6) is 2.09. The fourth-order valence-corrected chi connectivity index (χ4v) is 6.02. The second-order valence-corrected chi connectivity index (χ2v) is 12.7. The highest BCUT2D eigenvalue weighted by molar-refractivity contribution is 6.03. The average molecular weight is 631 g/mol. The number of nitrogens with one attached hydrogen (secondary N) is 3. The number of fused-ring (bicyclic) bond motifs is 2. The molecule has 0 bridgehead atoms. The fraction of sp³-hybridized carbons (Fsp3) is 0.324. The Hall–Kier alpha value is -5.02. The molecule has 242 valence electrons. The quantitative estimate of drug-likeness (QED) is 0.191. The second-order valence-electron chi connectivity index (χ2n) is 12.7. The number of guanidine groups is 2. The van der Waals surface area contributed by atoms with Crippen LogP contribution in [0.15, 0.2) is 106 Å². The van der Waals surface area contributed by atoms with E-state index >= 15 is 0 Å².